The molecule has 0 bridgehead atoms. The van der Waals surface area contributed by atoms with E-state index in [1.807, 2.05) is 45.3 Å². The Morgan fingerprint density at radius 1 is 1.25 bits per heavy atom. The molecule has 0 heterocycles. The van der Waals surface area contributed by atoms with E-state index in [1.165, 1.54) is 5.56 Å². The summed E-state index contributed by atoms with van der Waals surface area (Å²) in [6, 6.07) is 7.99. The average molecular weight is 220 g/mol. The predicted molar refractivity (Wildman–Crippen MR) is 67.4 cm³/mol. The van der Waals surface area contributed by atoms with Crippen LogP contribution in [0.2, 0.25) is 0 Å². The lowest BCUT2D eigenvalue weighted by Crippen LogP contribution is -2.12. The molecular weight excluding hydrogens is 200 g/mol. The van der Waals surface area contributed by atoms with E-state index in [-0.39, 0.29) is 5.91 Å². The molecule has 1 rings (SSSR count). The standard InChI is InChI=1S/C13H20N2O/c1-4-5-13(16)14-12-8-6-11(7-9-12)10-15(2)3/h6-9H,4-5,10H2,1-3H3,(H,14,16). The normalized spacial score (nSPS) is 10.5. The van der Waals surface area contributed by atoms with Gasteiger partial charge in [-0.05, 0) is 38.2 Å². The van der Waals surface area contributed by atoms with Gasteiger partial charge < -0.3 is 10.2 Å². The predicted octanol–water partition coefficient (Wildman–Crippen LogP) is 2.49. The van der Waals surface area contributed by atoms with Gasteiger partial charge in [0, 0.05) is 18.7 Å². The molecule has 0 atom stereocenters. The Morgan fingerprint density at radius 2 is 1.88 bits per heavy atom. The van der Waals surface area contributed by atoms with Crippen molar-refractivity contribution in [1.29, 1.82) is 0 Å². The lowest BCUT2D eigenvalue weighted by Gasteiger charge is -2.10. The van der Waals surface area contributed by atoms with Gasteiger partial charge in [0.2, 0.25) is 5.91 Å². The summed E-state index contributed by atoms with van der Waals surface area (Å²) in [7, 11) is 4.08. The Bertz CT molecular complexity index is 330. The van der Waals surface area contributed by atoms with Crippen LogP contribution in [0.1, 0.15) is 25.3 Å². The van der Waals surface area contributed by atoms with E-state index in [0.29, 0.717) is 6.42 Å². The summed E-state index contributed by atoms with van der Waals surface area (Å²) in [6.45, 7) is 2.92. The summed E-state index contributed by atoms with van der Waals surface area (Å²) >= 11 is 0. The van der Waals surface area contributed by atoms with Crippen LogP contribution in [0.15, 0.2) is 24.3 Å². The number of hydrogen-bond donors (Lipinski definition) is 1. The Balaban J connectivity index is 2.54. The number of carbonyl (C=O) groups excluding carboxylic acids is 1. The second-order valence-corrected chi connectivity index (χ2v) is 4.23. The maximum Gasteiger partial charge on any atom is 0.224 e. The van der Waals surface area contributed by atoms with Gasteiger partial charge >= 0.3 is 0 Å². The van der Waals surface area contributed by atoms with Gasteiger partial charge in [0.05, 0.1) is 0 Å². The third-order valence-electron chi connectivity index (χ3n) is 2.21. The topological polar surface area (TPSA) is 32.3 Å². The number of nitrogens with one attached hydrogen (secondary N) is 1. The second-order valence-electron chi connectivity index (χ2n) is 4.23. The maximum atomic E-state index is 11.4. The molecule has 1 aromatic rings. The van der Waals surface area contributed by atoms with E-state index in [9.17, 15) is 4.79 Å². The summed E-state index contributed by atoms with van der Waals surface area (Å²) in [6.07, 6.45) is 1.46. The highest BCUT2D eigenvalue weighted by atomic mass is 16.1. The van der Waals surface area contributed by atoms with Gasteiger partial charge in [-0.25, -0.2) is 0 Å². The van der Waals surface area contributed by atoms with E-state index < -0.39 is 0 Å². The molecule has 3 nitrogen and oxygen atoms in total. The molecule has 1 amide bonds. The van der Waals surface area contributed by atoms with E-state index in [2.05, 4.69) is 10.2 Å². The second kappa shape index (κ2) is 6.28. The van der Waals surface area contributed by atoms with E-state index in [1.54, 1.807) is 0 Å². The number of amides is 1. The maximum absolute atomic E-state index is 11.4. The molecule has 0 aliphatic rings. The van der Waals surface area contributed by atoms with Crippen LogP contribution >= 0.6 is 0 Å². The van der Waals surface area contributed by atoms with E-state index >= 15 is 0 Å². The minimum absolute atomic E-state index is 0.0860. The minimum atomic E-state index is 0.0860. The van der Waals surface area contributed by atoms with Crippen LogP contribution in [-0.2, 0) is 11.3 Å². The van der Waals surface area contributed by atoms with Crippen LogP contribution in [0.25, 0.3) is 0 Å². The molecular formula is C13H20N2O. The first-order valence-corrected chi connectivity index (χ1v) is 5.65. The first kappa shape index (κ1) is 12.7. The zero-order valence-corrected chi connectivity index (χ0v) is 10.3. The number of anilines is 1. The van der Waals surface area contributed by atoms with Crippen LogP contribution in [0.5, 0.6) is 0 Å². The third-order valence-corrected chi connectivity index (χ3v) is 2.21. The fourth-order valence-corrected chi connectivity index (χ4v) is 1.51. The molecule has 0 fully saturated rings. The summed E-state index contributed by atoms with van der Waals surface area (Å²) in [4.78, 5) is 13.5. The molecule has 0 radical (unpaired) electrons. The molecule has 0 spiro atoms. The van der Waals surface area contributed by atoms with Gasteiger partial charge in [-0.2, -0.15) is 0 Å². The highest BCUT2D eigenvalue weighted by Crippen LogP contribution is 2.11. The van der Waals surface area contributed by atoms with Crippen LogP contribution in [0, 0.1) is 0 Å². The number of carbonyl (C=O) groups is 1. The van der Waals surface area contributed by atoms with Gasteiger partial charge in [-0.3, -0.25) is 4.79 Å². The van der Waals surface area contributed by atoms with Gasteiger partial charge in [-0.15, -0.1) is 0 Å². The zero-order valence-electron chi connectivity index (χ0n) is 10.3. The first-order chi connectivity index (χ1) is 7.61. The molecule has 0 saturated heterocycles. The molecule has 1 aromatic carbocycles. The summed E-state index contributed by atoms with van der Waals surface area (Å²) in [5.74, 6) is 0.0860. The van der Waals surface area contributed by atoms with Crippen molar-refractivity contribution < 1.29 is 4.79 Å². The van der Waals surface area contributed by atoms with Crippen molar-refractivity contribution in [3.05, 3.63) is 29.8 Å². The van der Waals surface area contributed by atoms with Gasteiger partial charge in [0.15, 0.2) is 0 Å². The summed E-state index contributed by atoms with van der Waals surface area (Å²) in [5, 5.41) is 2.87. The van der Waals surface area contributed by atoms with Gasteiger partial charge in [0.25, 0.3) is 0 Å². The zero-order chi connectivity index (χ0) is 12.0. The van der Waals surface area contributed by atoms with Gasteiger partial charge in [0.1, 0.15) is 0 Å². The van der Waals surface area contributed by atoms with Crippen molar-refractivity contribution in [2.24, 2.45) is 0 Å². The largest absolute Gasteiger partial charge is 0.326 e. The average Bonchev–Trinajstić information content (AvgIpc) is 2.20. The number of nitrogens with zero attached hydrogens (tertiary/aromatic N) is 1. The van der Waals surface area contributed by atoms with Crippen molar-refractivity contribution >= 4 is 11.6 Å². The lowest BCUT2D eigenvalue weighted by atomic mass is 10.2. The number of benzene rings is 1. The first-order valence-electron chi connectivity index (χ1n) is 5.65. The van der Waals surface area contributed by atoms with Crippen LogP contribution in [-0.4, -0.2) is 24.9 Å². The fourth-order valence-electron chi connectivity index (χ4n) is 1.51. The van der Waals surface area contributed by atoms with Gasteiger partial charge in [-0.1, -0.05) is 19.1 Å². The lowest BCUT2D eigenvalue weighted by molar-refractivity contribution is -0.116. The summed E-state index contributed by atoms with van der Waals surface area (Å²) in [5.41, 5.74) is 2.12. The van der Waals surface area contributed by atoms with Crippen molar-refractivity contribution in [3.8, 4) is 0 Å². The Kier molecular flexibility index (Phi) is 4.99. The number of hydrogen-bond acceptors (Lipinski definition) is 2. The molecule has 0 aliphatic carbocycles. The van der Waals surface area contributed by atoms with Crippen molar-refractivity contribution in [1.82, 2.24) is 4.90 Å². The molecule has 0 unspecified atom stereocenters. The Morgan fingerprint density at radius 3 is 2.38 bits per heavy atom. The highest BCUT2D eigenvalue weighted by molar-refractivity contribution is 5.90. The molecule has 3 heteroatoms. The molecule has 0 saturated carbocycles. The molecule has 16 heavy (non-hydrogen) atoms. The van der Waals surface area contributed by atoms with Crippen LogP contribution in [0.3, 0.4) is 0 Å². The minimum Gasteiger partial charge on any atom is -0.326 e. The molecule has 0 aromatic heterocycles. The van der Waals surface area contributed by atoms with Crippen LogP contribution in [0.4, 0.5) is 5.69 Å². The SMILES string of the molecule is CCCC(=O)Nc1ccc(CN(C)C)cc1. The third kappa shape index (κ3) is 4.45. The Labute approximate surface area is 97.5 Å². The smallest absolute Gasteiger partial charge is 0.224 e. The van der Waals surface area contributed by atoms with E-state index in [0.717, 1.165) is 18.7 Å². The number of rotatable bonds is 5. The fraction of sp³-hybridized carbons (Fsp3) is 0.462. The highest BCUT2D eigenvalue weighted by Gasteiger charge is 2.00. The molecule has 0 aliphatic heterocycles. The molecule has 1 N–H and O–H groups in total. The van der Waals surface area contributed by atoms with E-state index in [4.69, 9.17) is 0 Å². The monoisotopic (exact) mass is 220 g/mol. The quantitative estimate of drug-likeness (QED) is 0.826. The van der Waals surface area contributed by atoms with Crippen molar-refractivity contribution in [3.63, 3.8) is 0 Å². The Hall–Kier alpha value is -1.35. The van der Waals surface area contributed by atoms with Crippen molar-refractivity contribution in [2.75, 3.05) is 19.4 Å². The van der Waals surface area contributed by atoms with Crippen LogP contribution < -0.4 is 5.32 Å². The summed E-state index contributed by atoms with van der Waals surface area (Å²) < 4.78 is 0. The van der Waals surface area contributed by atoms with Crippen molar-refractivity contribution in [2.45, 2.75) is 26.3 Å². The molecule has 88 valence electrons.